The fraction of sp³-hybridized carbons (Fsp3) is 1.00. The second-order valence-electron chi connectivity index (χ2n) is 2.70. The van der Waals surface area contributed by atoms with Crippen molar-refractivity contribution in [2.45, 2.75) is 25.8 Å². The molecule has 0 spiro atoms. The average molecular weight is 224 g/mol. The first kappa shape index (κ1) is 13.4. The van der Waals surface area contributed by atoms with E-state index in [0.717, 1.165) is 24.6 Å². The molecular formula is C8H20O3SSi. The van der Waals surface area contributed by atoms with Crippen molar-refractivity contribution in [1.29, 1.82) is 0 Å². The van der Waals surface area contributed by atoms with E-state index in [-0.39, 0.29) is 0 Å². The molecule has 0 aliphatic carbocycles. The third kappa shape index (κ3) is 5.02. The van der Waals surface area contributed by atoms with Crippen molar-refractivity contribution in [3.63, 3.8) is 0 Å². The van der Waals surface area contributed by atoms with E-state index in [1.807, 2.05) is 6.92 Å². The van der Waals surface area contributed by atoms with Gasteiger partial charge in [-0.2, -0.15) is 12.6 Å². The van der Waals surface area contributed by atoms with E-state index in [4.69, 9.17) is 13.3 Å². The van der Waals surface area contributed by atoms with Crippen LogP contribution in [0, 0.1) is 0 Å². The van der Waals surface area contributed by atoms with Gasteiger partial charge in [0.2, 0.25) is 0 Å². The maximum atomic E-state index is 5.54. The molecule has 0 saturated carbocycles. The maximum absolute atomic E-state index is 5.54. The lowest BCUT2D eigenvalue weighted by Crippen LogP contribution is -2.43. The molecule has 0 unspecified atom stereocenters. The molecule has 0 aliphatic rings. The summed E-state index contributed by atoms with van der Waals surface area (Å²) in [7, 11) is 1.00. The quantitative estimate of drug-likeness (QED) is 0.388. The van der Waals surface area contributed by atoms with E-state index >= 15 is 0 Å². The molecule has 0 aromatic rings. The highest BCUT2D eigenvalue weighted by atomic mass is 32.1. The minimum absolute atomic E-state index is 0.648. The van der Waals surface area contributed by atoms with Crippen LogP contribution in [0.15, 0.2) is 0 Å². The van der Waals surface area contributed by atoms with Gasteiger partial charge in [0.1, 0.15) is 0 Å². The van der Waals surface area contributed by atoms with Crippen LogP contribution < -0.4 is 0 Å². The number of hydrogen-bond donors (Lipinski definition) is 1. The molecule has 80 valence electrons. The average Bonchev–Trinajstić information content (AvgIpc) is 2.17. The first-order valence-electron chi connectivity index (χ1n) is 4.59. The largest absolute Gasteiger partial charge is 0.500 e. The van der Waals surface area contributed by atoms with Crippen LogP contribution in [0.1, 0.15) is 19.8 Å². The van der Waals surface area contributed by atoms with Crippen LogP contribution in [0.25, 0.3) is 0 Å². The number of thiol groups is 1. The summed E-state index contributed by atoms with van der Waals surface area (Å²) in [6, 6.07) is 0.883. The molecular weight excluding hydrogens is 204 g/mol. The van der Waals surface area contributed by atoms with Gasteiger partial charge in [0.25, 0.3) is 0 Å². The summed E-state index contributed by atoms with van der Waals surface area (Å²) < 4.78 is 16.2. The molecule has 5 heteroatoms. The predicted octanol–water partition coefficient (Wildman–Crippen LogP) is 1.96. The Bertz CT molecular complexity index is 120. The summed E-state index contributed by atoms with van der Waals surface area (Å²) in [4.78, 5) is 0. The molecule has 0 rings (SSSR count). The van der Waals surface area contributed by atoms with Gasteiger partial charge in [0, 0.05) is 26.9 Å². The van der Waals surface area contributed by atoms with Crippen molar-refractivity contribution in [1.82, 2.24) is 0 Å². The normalized spacial score (nSPS) is 12.0. The van der Waals surface area contributed by atoms with Crippen molar-refractivity contribution in [3.05, 3.63) is 0 Å². The standard InChI is InChI=1S/C8H20O3SSi/c1-4-11-13(9-2,10-3)8-6-5-7-12/h12H,4-8H2,1-3H3. The van der Waals surface area contributed by atoms with Gasteiger partial charge in [-0.1, -0.05) is 0 Å². The molecule has 0 N–H and O–H groups in total. The first-order chi connectivity index (χ1) is 6.24. The highest BCUT2D eigenvalue weighted by Gasteiger charge is 2.37. The summed E-state index contributed by atoms with van der Waals surface area (Å²) in [5.41, 5.74) is 0. The van der Waals surface area contributed by atoms with Gasteiger partial charge in [-0.25, -0.2) is 0 Å². The molecule has 13 heavy (non-hydrogen) atoms. The van der Waals surface area contributed by atoms with Crippen molar-refractivity contribution in [2.24, 2.45) is 0 Å². The van der Waals surface area contributed by atoms with Crippen molar-refractivity contribution >= 4 is 21.4 Å². The van der Waals surface area contributed by atoms with Crippen LogP contribution in [0.3, 0.4) is 0 Å². The minimum atomic E-state index is -2.31. The van der Waals surface area contributed by atoms with Crippen LogP contribution in [0.2, 0.25) is 6.04 Å². The summed E-state index contributed by atoms with van der Waals surface area (Å²) >= 11 is 4.15. The Morgan fingerprint density at radius 2 is 1.77 bits per heavy atom. The Morgan fingerprint density at radius 3 is 2.15 bits per heavy atom. The Labute approximate surface area is 87.5 Å². The Morgan fingerprint density at radius 1 is 1.15 bits per heavy atom. The van der Waals surface area contributed by atoms with Crippen LogP contribution in [0.5, 0.6) is 0 Å². The molecule has 0 saturated heterocycles. The van der Waals surface area contributed by atoms with Crippen LogP contribution in [-0.2, 0) is 13.3 Å². The molecule has 0 aromatic carbocycles. The number of unbranched alkanes of at least 4 members (excludes halogenated alkanes) is 1. The molecule has 0 aromatic heterocycles. The molecule has 3 nitrogen and oxygen atoms in total. The predicted molar refractivity (Wildman–Crippen MR) is 59.3 cm³/mol. The van der Waals surface area contributed by atoms with Gasteiger partial charge in [0.05, 0.1) is 0 Å². The zero-order valence-electron chi connectivity index (χ0n) is 8.71. The number of hydrogen-bond acceptors (Lipinski definition) is 4. The number of rotatable bonds is 8. The summed E-state index contributed by atoms with van der Waals surface area (Å²) in [6.07, 6.45) is 2.13. The molecule has 0 radical (unpaired) electrons. The second kappa shape index (κ2) is 7.81. The van der Waals surface area contributed by atoms with E-state index in [2.05, 4.69) is 12.6 Å². The topological polar surface area (TPSA) is 27.7 Å². The zero-order valence-corrected chi connectivity index (χ0v) is 10.6. The SMILES string of the molecule is CCO[Si](CCCCS)(OC)OC. The fourth-order valence-corrected chi connectivity index (χ4v) is 3.45. The Hall–Kier alpha value is 0.447. The Balaban J connectivity index is 3.89. The van der Waals surface area contributed by atoms with Gasteiger partial charge >= 0.3 is 8.80 Å². The fourth-order valence-electron chi connectivity index (χ4n) is 1.15. The Kier molecular flexibility index (Phi) is 8.08. The molecule has 0 heterocycles. The molecule has 0 fully saturated rings. The van der Waals surface area contributed by atoms with E-state index in [1.54, 1.807) is 14.2 Å². The lowest BCUT2D eigenvalue weighted by Gasteiger charge is -2.25. The second-order valence-corrected chi connectivity index (χ2v) is 6.12. The smallest absolute Gasteiger partial charge is 0.377 e. The van der Waals surface area contributed by atoms with E-state index < -0.39 is 8.80 Å². The molecule has 0 aliphatic heterocycles. The summed E-state index contributed by atoms with van der Waals surface area (Å²) in [5.74, 6) is 0.907. The zero-order chi connectivity index (χ0) is 10.2. The van der Waals surface area contributed by atoms with E-state index in [0.29, 0.717) is 6.61 Å². The molecule has 0 amide bonds. The van der Waals surface area contributed by atoms with E-state index in [1.165, 1.54) is 0 Å². The van der Waals surface area contributed by atoms with Gasteiger partial charge < -0.3 is 13.3 Å². The molecule has 0 bridgehead atoms. The van der Waals surface area contributed by atoms with Gasteiger partial charge in [0.15, 0.2) is 0 Å². The lowest BCUT2D eigenvalue weighted by molar-refractivity contribution is 0.103. The minimum Gasteiger partial charge on any atom is -0.377 e. The van der Waals surface area contributed by atoms with Crippen LogP contribution in [-0.4, -0.2) is 35.4 Å². The van der Waals surface area contributed by atoms with Crippen LogP contribution in [0.4, 0.5) is 0 Å². The summed E-state index contributed by atoms with van der Waals surface area (Å²) in [6.45, 7) is 2.60. The monoisotopic (exact) mass is 224 g/mol. The van der Waals surface area contributed by atoms with E-state index in [9.17, 15) is 0 Å². The first-order valence-corrected chi connectivity index (χ1v) is 7.16. The third-order valence-corrected chi connectivity index (χ3v) is 5.13. The molecule has 0 atom stereocenters. The third-order valence-electron chi connectivity index (χ3n) is 1.88. The highest BCUT2D eigenvalue weighted by molar-refractivity contribution is 7.80. The van der Waals surface area contributed by atoms with Gasteiger partial charge in [-0.05, 0) is 25.5 Å². The van der Waals surface area contributed by atoms with Crippen molar-refractivity contribution < 1.29 is 13.3 Å². The maximum Gasteiger partial charge on any atom is 0.500 e. The lowest BCUT2D eigenvalue weighted by atomic mass is 10.4. The van der Waals surface area contributed by atoms with Crippen molar-refractivity contribution in [3.8, 4) is 0 Å². The summed E-state index contributed by atoms with van der Waals surface area (Å²) in [5, 5.41) is 0. The van der Waals surface area contributed by atoms with Crippen molar-refractivity contribution in [2.75, 3.05) is 26.6 Å². The highest BCUT2D eigenvalue weighted by Crippen LogP contribution is 2.17. The van der Waals surface area contributed by atoms with Gasteiger partial charge in [-0.3, -0.25) is 0 Å². The van der Waals surface area contributed by atoms with Gasteiger partial charge in [-0.15, -0.1) is 0 Å². The van der Waals surface area contributed by atoms with Crippen LogP contribution >= 0.6 is 12.6 Å².